The average molecular weight is 264 g/mol. The molecule has 7 nitrogen and oxygen atoms in total. The molecule has 102 valence electrons. The van der Waals surface area contributed by atoms with E-state index >= 15 is 0 Å². The van der Waals surface area contributed by atoms with Gasteiger partial charge in [-0.25, -0.2) is 4.79 Å². The Labute approximate surface area is 110 Å². The van der Waals surface area contributed by atoms with Crippen LogP contribution in [0.2, 0.25) is 0 Å². The van der Waals surface area contributed by atoms with E-state index in [4.69, 9.17) is 5.11 Å². The zero-order valence-electron chi connectivity index (χ0n) is 10.4. The van der Waals surface area contributed by atoms with Crippen LogP contribution in [0, 0.1) is 0 Å². The minimum absolute atomic E-state index is 0.0379. The first-order valence-corrected chi connectivity index (χ1v) is 6.25. The van der Waals surface area contributed by atoms with E-state index in [1.807, 2.05) is 6.07 Å². The summed E-state index contributed by atoms with van der Waals surface area (Å²) in [6.07, 6.45) is 2.75. The van der Waals surface area contributed by atoms with Crippen LogP contribution >= 0.6 is 0 Å². The molecule has 0 atom stereocenters. The molecule has 19 heavy (non-hydrogen) atoms. The van der Waals surface area contributed by atoms with Crippen molar-refractivity contribution in [2.75, 3.05) is 11.9 Å². The first-order chi connectivity index (χ1) is 9.15. The number of anilines is 1. The van der Waals surface area contributed by atoms with E-state index in [1.54, 1.807) is 6.07 Å². The van der Waals surface area contributed by atoms with Gasteiger partial charge in [0.15, 0.2) is 5.82 Å². The minimum Gasteiger partial charge on any atom is -0.481 e. The Hall–Kier alpha value is -2.18. The van der Waals surface area contributed by atoms with Gasteiger partial charge in [-0.1, -0.05) is 0 Å². The molecule has 0 aromatic carbocycles. The van der Waals surface area contributed by atoms with Gasteiger partial charge in [0, 0.05) is 18.9 Å². The monoisotopic (exact) mass is 264 g/mol. The fourth-order valence-electron chi connectivity index (χ4n) is 1.61. The van der Waals surface area contributed by atoms with E-state index < -0.39 is 12.0 Å². The molecule has 0 bridgehead atoms. The normalized spacial score (nSPS) is 13.9. The van der Waals surface area contributed by atoms with Crippen molar-refractivity contribution in [2.24, 2.45) is 0 Å². The van der Waals surface area contributed by atoms with Crippen LogP contribution in [-0.4, -0.2) is 33.8 Å². The number of aromatic nitrogens is 2. The van der Waals surface area contributed by atoms with Crippen LogP contribution in [0.1, 0.15) is 37.3 Å². The molecule has 2 amide bonds. The van der Waals surface area contributed by atoms with Gasteiger partial charge < -0.3 is 10.4 Å². The third-order valence-electron chi connectivity index (χ3n) is 2.78. The number of hydrogen-bond donors (Lipinski definition) is 3. The zero-order valence-corrected chi connectivity index (χ0v) is 10.4. The lowest BCUT2D eigenvalue weighted by atomic mass is 10.3. The summed E-state index contributed by atoms with van der Waals surface area (Å²) in [5, 5.41) is 21.5. The van der Waals surface area contributed by atoms with Gasteiger partial charge in [-0.3, -0.25) is 10.1 Å². The Bertz CT molecular complexity index is 457. The molecule has 1 fully saturated rings. The number of rotatable bonds is 6. The lowest BCUT2D eigenvalue weighted by Crippen LogP contribution is -2.30. The highest BCUT2D eigenvalue weighted by molar-refractivity contribution is 5.88. The predicted octanol–water partition coefficient (Wildman–Crippen LogP) is 1.34. The highest BCUT2D eigenvalue weighted by Crippen LogP contribution is 2.38. The largest absolute Gasteiger partial charge is 0.481 e. The third kappa shape index (κ3) is 4.53. The van der Waals surface area contributed by atoms with Crippen molar-refractivity contribution >= 4 is 17.8 Å². The number of nitrogens with zero attached hydrogens (tertiary/aromatic N) is 2. The van der Waals surface area contributed by atoms with Crippen LogP contribution in [0.3, 0.4) is 0 Å². The molecule has 1 aromatic heterocycles. The maximum absolute atomic E-state index is 11.5. The quantitative estimate of drug-likeness (QED) is 0.672. The van der Waals surface area contributed by atoms with Crippen LogP contribution in [0.25, 0.3) is 0 Å². The Kier molecular flexibility index (Phi) is 4.27. The van der Waals surface area contributed by atoms with Gasteiger partial charge in [0.2, 0.25) is 0 Å². The number of nitrogens with one attached hydrogen (secondary N) is 2. The molecule has 1 heterocycles. The molecule has 2 rings (SSSR count). The number of aliphatic carboxylic acids is 1. The summed E-state index contributed by atoms with van der Waals surface area (Å²) in [6.45, 7) is 0.311. The van der Waals surface area contributed by atoms with Crippen LogP contribution in [0.15, 0.2) is 12.1 Å². The molecule has 7 heteroatoms. The molecule has 1 aliphatic carbocycles. The van der Waals surface area contributed by atoms with Crippen LogP contribution in [0.4, 0.5) is 10.6 Å². The third-order valence-corrected chi connectivity index (χ3v) is 2.78. The van der Waals surface area contributed by atoms with Gasteiger partial charge in [-0.15, -0.1) is 5.10 Å². The molecule has 1 aliphatic rings. The first-order valence-electron chi connectivity index (χ1n) is 6.25. The van der Waals surface area contributed by atoms with Crippen molar-refractivity contribution in [2.45, 2.75) is 31.6 Å². The van der Waals surface area contributed by atoms with Gasteiger partial charge in [-0.05, 0) is 31.4 Å². The second kappa shape index (κ2) is 6.12. The number of carbonyl (C=O) groups excluding carboxylic acids is 1. The second-order valence-corrected chi connectivity index (χ2v) is 4.50. The summed E-state index contributed by atoms with van der Waals surface area (Å²) in [5.74, 6) is 0.0512. The number of amides is 2. The summed E-state index contributed by atoms with van der Waals surface area (Å²) in [6, 6.07) is 3.18. The fraction of sp³-hybridized carbons (Fsp3) is 0.500. The van der Waals surface area contributed by atoms with Gasteiger partial charge >= 0.3 is 12.0 Å². The standard InChI is InChI=1S/C12H16N4O3/c17-11(18)2-1-7-13-12(19)14-10-6-5-9(15-16-10)8-3-4-8/h5-6,8H,1-4,7H2,(H,17,18)(H2,13,14,16,19). The summed E-state index contributed by atoms with van der Waals surface area (Å²) < 4.78 is 0. The second-order valence-electron chi connectivity index (χ2n) is 4.50. The molecule has 0 radical (unpaired) electrons. The Morgan fingerprint density at radius 3 is 2.68 bits per heavy atom. The highest BCUT2D eigenvalue weighted by Gasteiger charge is 2.25. The summed E-state index contributed by atoms with van der Waals surface area (Å²) in [7, 11) is 0. The molecule has 0 unspecified atom stereocenters. The number of carbonyl (C=O) groups is 2. The Morgan fingerprint density at radius 2 is 2.11 bits per heavy atom. The van der Waals surface area contributed by atoms with E-state index in [2.05, 4.69) is 20.8 Å². The van der Waals surface area contributed by atoms with Gasteiger partial charge in [0.1, 0.15) is 0 Å². The lowest BCUT2D eigenvalue weighted by Gasteiger charge is -2.06. The average Bonchev–Trinajstić information content (AvgIpc) is 3.20. The molecular weight excluding hydrogens is 248 g/mol. The van der Waals surface area contributed by atoms with E-state index in [1.165, 1.54) is 0 Å². The molecule has 0 aliphatic heterocycles. The van der Waals surface area contributed by atoms with Crippen LogP contribution in [-0.2, 0) is 4.79 Å². The van der Waals surface area contributed by atoms with Crippen molar-refractivity contribution in [3.8, 4) is 0 Å². The summed E-state index contributed by atoms with van der Waals surface area (Å²) in [5.41, 5.74) is 0.965. The molecule has 0 spiro atoms. The maximum atomic E-state index is 11.5. The Balaban J connectivity index is 1.70. The predicted molar refractivity (Wildman–Crippen MR) is 67.9 cm³/mol. The summed E-state index contributed by atoms with van der Waals surface area (Å²) in [4.78, 5) is 21.7. The summed E-state index contributed by atoms with van der Waals surface area (Å²) >= 11 is 0. The molecule has 1 aromatic rings. The number of carboxylic acid groups (broad SMARTS) is 1. The molecular formula is C12H16N4O3. The Morgan fingerprint density at radius 1 is 1.32 bits per heavy atom. The van der Waals surface area contributed by atoms with Gasteiger partial charge in [0.05, 0.1) is 5.69 Å². The van der Waals surface area contributed by atoms with E-state index in [-0.39, 0.29) is 6.42 Å². The molecule has 0 saturated heterocycles. The number of urea groups is 1. The van der Waals surface area contributed by atoms with Crippen molar-refractivity contribution in [3.63, 3.8) is 0 Å². The van der Waals surface area contributed by atoms with E-state index in [0.29, 0.717) is 24.7 Å². The van der Waals surface area contributed by atoms with Gasteiger partial charge in [-0.2, -0.15) is 5.10 Å². The highest BCUT2D eigenvalue weighted by atomic mass is 16.4. The smallest absolute Gasteiger partial charge is 0.320 e. The fourth-order valence-corrected chi connectivity index (χ4v) is 1.61. The number of hydrogen-bond acceptors (Lipinski definition) is 4. The van der Waals surface area contributed by atoms with Crippen molar-refractivity contribution in [1.82, 2.24) is 15.5 Å². The topological polar surface area (TPSA) is 104 Å². The minimum atomic E-state index is -0.872. The van der Waals surface area contributed by atoms with Gasteiger partial charge in [0.25, 0.3) is 0 Å². The molecule has 3 N–H and O–H groups in total. The van der Waals surface area contributed by atoms with Crippen LogP contribution < -0.4 is 10.6 Å². The maximum Gasteiger partial charge on any atom is 0.320 e. The first kappa shape index (κ1) is 13.3. The van der Waals surface area contributed by atoms with Crippen LogP contribution in [0.5, 0.6) is 0 Å². The SMILES string of the molecule is O=C(O)CCCNC(=O)Nc1ccc(C2CC2)nn1. The number of carboxylic acids is 1. The van der Waals surface area contributed by atoms with E-state index in [0.717, 1.165) is 18.5 Å². The van der Waals surface area contributed by atoms with Crippen molar-refractivity contribution < 1.29 is 14.7 Å². The molecule has 1 saturated carbocycles. The van der Waals surface area contributed by atoms with E-state index in [9.17, 15) is 9.59 Å². The lowest BCUT2D eigenvalue weighted by molar-refractivity contribution is -0.137. The van der Waals surface area contributed by atoms with Crippen molar-refractivity contribution in [1.29, 1.82) is 0 Å². The van der Waals surface area contributed by atoms with Crippen molar-refractivity contribution in [3.05, 3.63) is 17.8 Å². The zero-order chi connectivity index (χ0) is 13.7.